The number of carbonyl (C=O) groups excluding carboxylic acids is 1. The number of nitrogens with one attached hydrogen (secondary N) is 2. The molecule has 2 aromatic carbocycles. The fourth-order valence-electron chi connectivity index (χ4n) is 4.02. The van der Waals surface area contributed by atoms with E-state index in [-0.39, 0.29) is 5.91 Å². The standard InChI is InChI=1S/C23H25N5O3/c1-13-9-10-17(14(2)11-13)27-22(29)19-15(3)26-23-24-12-25-28(23)20(19)16-7-6-8-18(30-4)21(16)31-5/h6-12,19-20H,3H2,1-2,4-5H3,(H,27,29)(H,24,25,26)/t19-,20+/m0/s1. The summed E-state index contributed by atoms with van der Waals surface area (Å²) in [6.45, 7) is 8.11. The van der Waals surface area contributed by atoms with Crippen molar-refractivity contribution in [3.8, 4) is 11.5 Å². The molecule has 2 heterocycles. The number of hydrogen-bond donors (Lipinski definition) is 2. The summed E-state index contributed by atoms with van der Waals surface area (Å²) < 4.78 is 12.8. The van der Waals surface area contributed by atoms with Crippen molar-refractivity contribution in [1.82, 2.24) is 14.8 Å². The lowest BCUT2D eigenvalue weighted by molar-refractivity contribution is -0.119. The number of aryl methyl sites for hydroxylation is 2. The number of aromatic nitrogens is 3. The van der Waals surface area contributed by atoms with E-state index >= 15 is 0 Å². The SMILES string of the molecule is C=C1Nc2ncnn2[C@H](c2cccc(OC)c2OC)[C@H]1C(=O)Nc1ccc(C)cc1C. The number of ether oxygens (including phenoxy) is 2. The van der Waals surface area contributed by atoms with Crippen LogP contribution in [0, 0.1) is 19.8 Å². The maximum Gasteiger partial charge on any atom is 0.235 e. The Bertz CT molecular complexity index is 1150. The topological polar surface area (TPSA) is 90.3 Å². The highest BCUT2D eigenvalue weighted by Crippen LogP contribution is 2.44. The van der Waals surface area contributed by atoms with Gasteiger partial charge in [-0.3, -0.25) is 4.79 Å². The number of methoxy groups -OCH3 is 2. The highest BCUT2D eigenvalue weighted by Gasteiger charge is 2.41. The van der Waals surface area contributed by atoms with Crippen LogP contribution in [-0.4, -0.2) is 34.9 Å². The zero-order chi connectivity index (χ0) is 22.1. The van der Waals surface area contributed by atoms with Gasteiger partial charge < -0.3 is 20.1 Å². The molecule has 1 aromatic heterocycles. The largest absolute Gasteiger partial charge is 0.493 e. The fraction of sp³-hybridized carbons (Fsp3) is 0.261. The van der Waals surface area contributed by atoms with Gasteiger partial charge in [-0.1, -0.05) is 36.4 Å². The van der Waals surface area contributed by atoms with E-state index in [0.29, 0.717) is 23.1 Å². The van der Waals surface area contributed by atoms with Crippen LogP contribution in [0.2, 0.25) is 0 Å². The number of rotatable bonds is 5. The Morgan fingerprint density at radius 2 is 2.00 bits per heavy atom. The quantitative estimate of drug-likeness (QED) is 0.655. The van der Waals surface area contributed by atoms with E-state index in [2.05, 4.69) is 27.3 Å². The summed E-state index contributed by atoms with van der Waals surface area (Å²) in [6.07, 6.45) is 1.44. The lowest BCUT2D eigenvalue weighted by Crippen LogP contribution is -2.39. The van der Waals surface area contributed by atoms with E-state index in [9.17, 15) is 4.79 Å². The third-order valence-corrected chi connectivity index (χ3v) is 5.47. The molecule has 31 heavy (non-hydrogen) atoms. The second-order valence-electron chi connectivity index (χ2n) is 7.49. The Morgan fingerprint density at radius 3 is 2.71 bits per heavy atom. The molecule has 0 spiro atoms. The van der Waals surface area contributed by atoms with Crippen molar-refractivity contribution < 1.29 is 14.3 Å². The molecule has 2 atom stereocenters. The zero-order valence-corrected chi connectivity index (χ0v) is 18.0. The number of anilines is 2. The van der Waals surface area contributed by atoms with Crippen molar-refractivity contribution in [2.24, 2.45) is 5.92 Å². The number of hydrogen-bond acceptors (Lipinski definition) is 6. The van der Waals surface area contributed by atoms with Gasteiger partial charge >= 0.3 is 0 Å². The van der Waals surface area contributed by atoms with E-state index in [0.717, 1.165) is 22.4 Å². The first kappa shape index (κ1) is 20.5. The minimum absolute atomic E-state index is 0.208. The molecule has 0 aliphatic carbocycles. The van der Waals surface area contributed by atoms with Gasteiger partial charge in [-0.15, -0.1) is 0 Å². The van der Waals surface area contributed by atoms with E-state index in [1.165, 1.54) is 6.33 Å². The van der Waals surface area contributed by atoms with Crippen LogP contribution in [0.5, 0.6) is 11.5 Å². The Balaban J connectivity index is 1.81. The molecule has 0 radical (unpaired) electrons. The Morgan fingerprint density at radius 1 is 1.19 bits per heavy atom. The van der Waals surface area contributed by atoms with Crippen LogP contribution < -0.4 is 20.1 Å². The molecule has 8 heteroatoms. The Kier molecular flexibility index (Phi) is 5.37. The maximum absolute atomic E-state index is 13.5. The first-order valence-corrected chi connectivity index (χ1v) is 9.89. The third kappa shape index (κ3) is 3.61. The van der Waals surface area contributed by atoms with Crippen LogP contribution in [0.25, 0.3) is 0 Å². The van der Waals surface area contributed by atoms with Crippen molar-refractivity contribution in [2.75, 3.05) is 24.9 Å². The maximum atomic E-state index is 13.5. The molecule has 0 fully saturated rings. The van der Waals surface area contributed by atoms with Gasteiger partial charge in [-0.25, -0.2) is 4.68 Å². The smallest absolute Gasteiger partial charge is 0.235 e. The predicted molar refractivity (Wildman–Crippen MR) is 119 cm³/mol. The summed E-state index contributed by atoms with van der Waals surface area (Å²) in [5.41, 5.74) is 4.14. The summed E-state index contributed by atoms with van der Waals surface area (Å²) in [5.74, 6) is 0.738. The summed E-state index contributed by atoms with van der Waals surface area (Å²) in [4.78, 5) is 17.8. The molecule has 4 rings (SSSR count). The van der Waals surface area contributed by atoms with Gasteiger partial charge in [0.15, 0.2) is 11.5 Å². The normalized spacial score (nSPS) is 17.5. The van der Waals surface area contributed by atoms with E-state index < -0.39 is 12.0 Å². The van der Waals surface area contributed by atoms with Crippen molar-refractivity contribution in [1.29, 1.82) is 0 Å². The molecular weight excluding hydrogens is 394 g/mol. The molecule has 0 saturated carbocycles. The highest BCUT2D eigenvalue weighted by molar-refractivity contribution is 5.96. The van der Waals surface area contributed by atoms with Crippen molar-refractivity contribution in [3.05, 3.63) is 71.7 Å². The van der Waals surface area contributed by atoms with Crippen LogP contribution in [0.3, 0.4) is 0 Å². The van der Waals surface area contributed by atoms with Gasteiger partial charge in [0, 0.05) is 16.9 Å². The molecule has 8 nitrogen and oxygen atoms in total. The Hall–Kier alpha value is -3.81. The number of nitrogens with zero attached hydrogens (tertiary/aromatic N) is 3. The fourth-order valence-corrected chi connectivity index (χ4v) is 4.02. The number of amides is 1. The van der Waals surface area contributed by atoms with Gasteiger partial charge in [0.25, 0.3) is 0 Å². The molecule has 1 aliphatic rings. The van der Waals surface area contributed by atoms with Crippen LogP contribution in [0.4, 0.5) is 11.6 Å². The molecule has 0 saturated heterocycles. The van der Waals surface area contributed by atoms with Crippen molar-refractivity contribution in [2.45, 2.75) is 19.9 Å². The molecule has 1 amide bonds. The summed E-state index contributed by atoms with van der Waals surface area (Å²) >= 11 is 0. The first-order chi connectivity index (χ1) is 14.9. The van der Waals surface area contributed by atoms with Crippen molar-refractivity contribution >= 4 is 17.5 Å². The van der Waals surface area contributed by atoms with Crippen LogP contribution in [-0.2, 0) is 4.79 Å². The summed E-state index contributed by atoms with van der Waals surface area (Å²) in [6, 6.07) is 10.9. The average Bonchev–Trinajstić information content (AvgIpc) is 3.21. The van der Waals surface area contributed by atoms with Crippen LogP contribution in [0.1, 0.15) is 22.7 Å². The van der Waals surface area contributed by atoms with E-state index in [1.807, 2.05) is 50.2 Å². The van der Waals surface area contributed by atoms with Crippen molar-refractivity contribution in [3.63, 3.8) is 0 Å². The minimum Gasteiger partial charge on any atom is -0.493 e. The first-order valence-electron chi connectivity index (χ1n) is 9.89. The lowest BCUT2D eigenvalue weighted by atomic mass is 9.87. The number of carbonyl (C=O) groups is 1. The van der Waals surface area contributed by atoms with E-state index in [4.69, 9.17) is 9.47 Å². The minimum atomic E-state index is -0.670. The Labute approximate surface area is 180 Å². The van der Waals surface area contributed by atoms with Gasteiger partial charge in [0.05, 0.1) is 14.2 Å². The molecule has 160 valence electrons. The molecule has 0 bridgehead atoms. The summed E-state index contributed by atoms with van der Waals surface area (Å²) in [5, 5.41) is 10.5. The van der Waals surface area contributed by atoms with Gasteiger partial charge in [-0.2, -0.15) is 10.1 Å². The molecule has 0 unspecified atom stereocenters. The second-order valence-corrected chi connectivity index (χ2v) is 7.49. The third-order valence-electron chi connectivity index (χ3n) is 5.47. The zero-order valence-electron chi connectivity index (χ0n) is 18.0. The van der Waals surface area contributed by atoms with Gasteiger partial charge in [0.2, 0.25) is 11.9 Å². The predicted octanol–water partition coefficient (Wildman–Crippen LogP) is 3.70. The van der Waals surface area contributed by atoms with Gasteiger partial charge in [0.1, 0.15) is 18.3 Å². The van der Waals surface area contributed by atoms with Crippen LogP contribution in [0.15, 0.2) is 55.0 Å². The number of para-hydroxylation sites is 1. The molecule has 2 N–H and O–H groups in total. The molecular formula is C23H25N5O3. The van der Waals surface area contributed by atoms with E-state index in [1.54, 1.807) is 18.9 Å². The summed E-state index contributed by atoms with van der Waals surface area (Å²) in [7, 11) is 3.15. The lowest BCUT2D eigenvalue weighted by Gasteiger charge is -2.34. The molecule has 1 aliphatic heterocycles. The van der Waals surface area contributed by atoms with Gasteiger partial charge in [-0.05, 0) is 31.5 Å². The van der Waals surface area contributed by atoms with Crippen LogP contribution >= 0.6 is 0 Å². The number of fused-ring (bicyclic) bond motifs is 1. The highest BCUT2D eigenvalue weighted by atomic mass is 16.5. The average molecular weight is 419 g/mol. The number of benzene rings is 2. The second kappa shape index (κ2) is 8.14. The monoisotopic (exact) mass is 419 g/mol. The molecule has 3 aromatic rings.